The quantitative estimate of drug-likeness (QED) is 0.754. The van der Waals surface area contributed by atoms with Gasteiger partial charge in [0.1, 0.15) is 12.1 Å². The molecule has 0 aliphatic rings. The van der Waals surface area contributed by atoms with Gasteiger partial charge in [0.05, 0.1) is 11.9 Å². The summed E-state index contributed by atoms with van der Waals surface area (Å²) in [5.41, 5.74) is 7.07. The van der Waals surface area contributed by atoms with Crippen molar-refractivity contribution in [1.29, 1.82) is 0 Å². The Bertz CT molecular complexity index is 525. The molecule has 2 aromatic rings. The van der Waals surface area contributed by atoms with E-state index < -0.39 is 5.97 Å². The highest BCUT2D eigenvalue weighted by atomic mass is 16.4. The smallest absolute Gasteiger partial charge is 0.307 e. The van der Waals surface area contributed by atoms with E-state index in [0.717, 1.165) is 5.52 Å². The van der Waals surface area contributed by atoms with Crippen molar-refractivity contribution in [3.8, 4) is 0 Å². The number of nitrogens with two attached hydrogens (primary N) is 1. The average molecular weight is 203 g/mol. The molecule has 5 nitrogen and oxygen atoms in total. The maximum absolute atomic E-state index is 10.5. The summed E-state index contributed by atoms with van der Waals surface area (Å²) in [5.74, 6) is -0.503. The number of carboxylic acids is 1. The second kappa shape index (κ2) is 3.53. The molecule has 5 heteroatoms. The number of nitrogens with zero attached hydrogens (tertiary/aromatic N) is 2. The normalized spacial score (nSPS) is 10.4. The highest BCUT2D eigenvalue weighted by Gasteiger charge is 2.04. The molecule has 1 heterocycles. The van der Waals surface area contributed by atoms with Crippen LogP contribution in [0.15, 0.2) is 24.5 Å². The third kappa shape index (κ3) is 1.85. The summed E-state index contributed by atoms with van der Waals surface area (Å²) >= 11 is 0. The zero-order valence-electron chi connectivity index (χ0n) is 7.84. The maximum Gasteiger partial charge on any atom is 0.307 e. The van der Waals surface area contributed by atoms with E-state index in [1.54, 1.807) is 18.2 Å². The van der Waals surface area contributed by atoms with Gasteiger partial charge in [0.15, 0.2) is 0 Å². The molecule has 1 aromatic carbocycles. The second-order valence-corrected chi connectivity index (χ2v) is 3.18. The van der Waals surface area contributed by atoms with E-state index in [1.165, 1.54) is 6.33 Å². The number of hydrogen-bond acceptors (Lipinski definition) is 4. The summed E-state index contributed by atoms with van der Waals surface area (Å²) in [5, 5.41) is 9.34. The second-order valence-electron chi connectivity index (χ2n) is 3.18. The maximum atomic E-state index is 10.5. The van der Waals surface area contributed by atoms with Gasteiger partial charge in [-0.05, 0) is 17.7 Å². The first-order chi connectivity index (χ1) is 7.16. The number of nitrogen functional groups attached to an aromatic ring is 1. The fourth-order valence-electron chi connectivity index (χ4n) is 1.41. The number of carbonyl (C=O) groups is 1. The lowest BCUT2D eigenvalue weighted by Gasteiger charge is -2.02. The molecular weight excluding hydrogens is 194 g/mol. The van der Waals surface area contributed by atoms with Crippen LogP contribution in [-0.2, 0) is 11.2 Å². The summed E-state index contributed by atoms with van der Waals surface area (Å²) in [6.45, 7) is 0. The molecule has 0 saturated heterocycles. The zero-order chi connectivity index (χ0) is 10.8. The average Bonchev–Trinajstić information content (AvgIpc) is 2.18. The molecule has 15 heavy (non-hydrogen) atoms. The Balaban J connectivity index is 2.54. The zero-order valence-corrected chi connectivity index (χ0v) is 7.84. The van der Waals surface area contributed by atoms with Gasteiger partial charge in [0, 0.05) is 5.39 Å². The van der Waals surface area contributed by atoms with Crippen LogP contribution in [0.25, 0.3) is 10.9 Å². The lowest BCUT2D eigenvalue weighted by atomic mass is 10.1. The summed E-state index contributed by atoms with van der Waals surface area (Å²) in [6, 6.07) is 5.17. The molecule has 0 saturated carbocycles. The lowest BCUT2D eigenvalue weighted by molar-refractivity contribution is -0.136. The summed E-state index contributed by atoms with van der Waals surface area (Å²) in [4.78, 5) is 18.4. The van der Waals surface area contributed by atoms with Gasteiger partial charge >= 0.3 is 5.97 Å². The van der Waals surface area contributed by atoms with E-state index >= 15 is 0 Å². The van der Waals surface area contributed by atoms with Gasteiger partial charge in [-0.2, -0.15) is 0 Å². The fraction of sp³-hybridized carbons (Fsp3) is 0.100. The van der Waals surface area contributed by atoms with Crippen LogP contribution in [0.1, 0.15) is 5.56 Å². The van der Waals surface area contributed by atoms with Crippen LogP contribution in [0.4, 0.5) is 5.82 Å². The SMILES string of the molecule is Nc1ncnc2ccc(CC(=O)O)cc12. The minimum Gasteiger partial charge on any atom is -0.481 e. The van der Waals surface area contributed by atoms with Crippen molar-refractivity contribution < 1.29 is 9.90 Å². The van der Waals surface area contributed by atoms with Gasteiger partial charge in [-0.1, -0.05) is 6.07 Å². The Labute approximate surface area is 85.6 Å². The minimum absolute atomic E-state index is 0.0235. The molecule has 0 aliphatic carbocycles. The molecule has 0 radical (unpaired) electrons. The van der Waals surface area contributed by atoms with Gasteiger partial charge in [-0.15, -0.1) is 0 Å². The standard InChI is InChI=1S/C10H9N3O2/c11-10-7-3-6(4-9(14)15)1-2-8(7)12-5-13-10/h1-3,5H,4H2,(H,14,15)(H2,11,12,13). The first kappa shape index (κ1) is 9.39. The van der Waals surface area contributed by atoms with Crippen molar-refractivity contribution in [1.82, 2.24) is 9.97 Å². The number of anilines is 1. The Morgan fingerprint density at radius 2 is 2.20 bits per heavy atom. The van der Waals surface area contributed by atoms with E-state index in [2.05, 4.69) is 9.97 Å². The van der Waals surface area contributed by atoms with Crippen molar-refractivity contribution in [2.75, 3.05) is 5.73 Å². The molecule has 2 rings (SSSR count). The molecule has 0 bridgehead atoms. The van der Waals surface area contributed by atoms with Gasteiger partial charge in [0.25, 0.3) is 0 Å². The Morgan fingerprint density at radius 3 is 2.93 bits per heavy atom. The highest BCUT2D eigenvalue weighted by molar-refractivity contribution is 5.88. The van der Waals surface area contributed by atoms with Crippen LogP contribution in [0.2, 0.25) is 0 Å². The largest absolute Gasteiger partial charge is 0.481 e. The first-order valence-electron chi connectivity index (χ1n) is 4.38. The number of hydrogen-bond donors (Lipinski definition) is 2. The molecule has 3 N–H and O–H groups in total. The van der Waals surface area contributed by atoms with Crippen molar-refractivity contribution in [2.45, 2.75) is 6.42 Å². The van der Waals surface area contributed by atoms with Crippen LogP contribution in [0.5, 0.6) is 0 Å². The van der Waals surface area contributed by atoms with Gasteiger partial charge in [0.2, 0.25) is 0 Å². The number of aromatic nitrogens is 2. The molecular formula is C10H9N3O2. The van der Waals surface area contributed by atoms with Crippen LogP contribution in [0.3, 0.4) is 0 Å². The van der Waals surface area contributed by atoms with Gasteiger partial charge < -0.3 is 10.8 Å². The topological polar surface area (TPSA) is 89.1 Å². The van der Waals surface area contributed by atoms with Crippen LogP contribution in [-0.4, -0.2) is 21.0 Å². The van der Waals surface area contributed by atoms with Crippen LogP contribution < -0.4 is 5.73 Å². The summed E-state index contributed by atoms with van der Waals surface area (Å²) in [7, 11) is 0. The molecule has 0 amide bonds. The van der Waals surface area contributed by atoms with Gasteiger partial charge in [-0.25, -0.2) is 9.97 Å². The molecule has 0 aliphatic heterocycles. The summed E-state index contributed by atoms with van der Waals surface area (Å²) in [6.07, 6.45) is 1.36. The van der Waals surface area contributed by atoms with E-state index in [1.807, 2.05) is 0 Å². The molecule has 0 fully saturated rings. The van der Waals surface area contributed by atoms with Crippen LogP contribution in [0, 0.1) is 0 Å². The molecule has 76 valence electrons. The van der Waals surface area contributed by atoms with Crippen LogP contribution >= 0.6 is 0 Å². The Kier molecular flexibility index (Phi) is 2.21. The molecule has 1 aromatic heterocycles. The van der Waals surface area contributed by atoms with E-state index in [9.17, 15) is 4.79 Å². The lowest BCUT2D eigenvalue weighted by Crippen LogP contribution is -2.00. The first-order valence-corrected chi connectivity index (χ1v) is 4.38. The predicted molar refractivity (Wildman–Crippen MR) is 55.3 cm³/mol. The predicted octanol–water partition coefficient (Wildman–Crippen LogP) is 0.839. The summed E-state index contributed by atoms with van der Waals surface area (Å²) < 4.78 is 0. The molecule has 0 spiro atoms. The number of benzene rings is 1. The molecule has 0 unspecified atom stereocenters. The number of rotatable bonds is 2. The Hall–Kier alpha value is -2.17. The molecule has 0 atom stereocenters. The van der Waals surface area contributed by atoms with Gasteiger partial charge in [-0.3, -0.25) is 4.79 Å². The van der Waals surface area contributed by atoms with E-state index in [-0.39, 0.29) is 6.42 Å². The van der Waals surface area contributed by atoms with E-state index in [4.69, 9.17) is 10.8 Å². The van der Waals surface area contributed by atoms with E-state index in [0.29, 0.717) is 16.8 Å². The van der Waals surface area contributed by atoms with Crippen molar-refractivity contribution in [2.24, 2.45) is 0 Å². The number of carboxylic acid groups (broad SMARTS) is 1. The number of aliphatic carboxylic acids is 1. The van der Waals surface area contributed by atoms with Crippen molar-refractivity contribution in [3.05, 3.63) is 30.1 Å². The van der Waals surface area contributed by atoms with Crippen molar-refractivity contribution in [3.63, 3.8) is 0 Å². The minimum atomic E-state index is -0.871. The monoisotopic (exact) mass is 203 g/mol. The fourth-order valence-corrected chi connectivity index (χ4v) is 1.41. The third-order valence-corrected chi connectivity index (χ3v) is 2.09. The highest BCUT2D eigenvalue weighted by Crippen LogP contribution is 2.18. The third-order valence-electron chi connectivity index (χ3n) is 2.09. The van der Waals surface area contributed by atoms with Crippen molar-refractivity contribution >= 4 is 22.7 Å². The number of fused-ring (bicyclic) bond motifs is 1. The Morgan fingerprint density at radius 1 is 1.40 bits per heavy atom.